The molecule has 34 heavy (non-hydrogen) atoms. The van der Waals surface area contributed by atoms with Crippen molar-refractivity contribution < 1.29 is 23.8 Å². The molecule has 1 amide bonds. The van der Waals surface area contributed by atoms with Gasteiger partial charge in [0.2, 0.25) is 5.75 Å². The van der Waals surface area contributed by atoms with Crippen LogP contribution in [0, 0.1) is 11.8 Å². The predicted molar refractivity (Wildman–Crippen MR) is 122 cm³/mol. The van der Waals surface area contributed by atoms with Crippen LogP contribution in [0.15, 0.2) is 59.7 Å². The minimum Gasteiger partial charge on any atom is -0.502 e. The van der Waals surface area contributed by atoms with E-state index in [1.807, 2.05) is 24.3 Å². The van der Waals surface area contributed by atoms with Crippen molar-refractivity contribution in [3.8, 4) is 17.6 Å². The van der Waals surface area contributed by atoms with Gasteiger partial charge in [-0.15, -0.1) is 0 Å². The number of amides is 1. The zero-order valence-corrected chi connectivity index (χ0v) is 18.1. The summed E-state index contributed by atoms with van der Waals surface area (Å²) >= 11 is 0. The summed E-state index contributed by atoms with van der Waals surface area (Å²) in [5, 5.41) is 21.2. The number of rotatable bonds is 8. The van der Waals surface area contributed by atoms with Crippen molar-refractivity contribution in [2.24, 2.45) is 0 Å². The molecule has 0 aliphatic rings. The van der Waals surface area contributed by atoms with Crippen molar-refractivity contribution in [2.75, 3.05) is 13.2 Å². The van der Waals surface area contributed by atoms with E-state index in [0.29, 0.717) is 6.42 Å². The van der Waals surface area contributed by atoms with Crippen LogP contribution in [-0.4, -0.2) is 45.7 Å². The van der Waals surface area contributed by atoms with Gasteiger partial charge >= 0.3 is 6.43 Å². The maximum Gasteiger partial charge on any atom is 0.315 e. The van der Waals surface area contributed by atoms with Gasteiger partial charge in [-0.2, -0.15) is 8.78 Å². The number of aliphatic hydroxyl groups excluding tert-OH is 1. The lowest BCUT2D eigenvalue weighted by molar-refractivity contribution is -0.131. The van der Waals surface area contributed by atoms with Crippen LogP contribution in [0.3, 0.4) is 0 Å². The monoisotopic (exact) mass is 467 g/mol. The summed E-state index contributed by atoms with van der Waals surface area (Å²) in [7, 11) is 0. The molecule has 0 aliphatic heterocycles. The van der Waals surface area contributed by atoms with Crippen molar-refractivity contribution >= 4 is 5.91 Å². The molecule has 0 radical (unpaired) electrons. The van der Waals surface area contributed by atoms with Crippen LogP contribution in [0.1, 0.15) is 33.9 Å². The number of halogens is 2. The number of aliphatic hydroxyl groups is 1. The Morgan fingerprint density at radius 2 is 1.62 bits per heavy atom. The van der Waals surface area contributed by atoms with Crippen molar-refractivity contribution in [2.45, 2.75) is 25.2 Å². The molecule has 0 fully saturated rings. The summed E-state index contributed by atoms with van der Waals surface area (Å²) in [6.45, 7) is -0.145. The minimum absolute atomic E-state index is 0.00632. The van der Waals surface area contributed by atoms with Gasteiger partial charge in [0.05, 0.1) is 12.0 Å². The van der Waals surface area contributed by atoms with E-state index in [2.05, 4.69) is 27.1 Å². The second kappa shape index (κ2) is 11.7. The van der Waals surface area contributed by atoms with Gasteiger partial charge in [0.1, 0.15) is 0 Å². The molecule has 0 aliphatic carbocycles. The van der Waals surface area contributed by atoms with E-state index in [-0.39, 0.29) is 25.3 Å². The topological polar surface area (TPSA) is 115 Å². The molecule has 7 nitrogen and oxygen atoms in total. The van der Waals surface area contributed by atoms with Crippen molar-refractivity contribution in [3.05, 3.63) is 93.2 Å². The number of carbonyl (C=O) groups is 1. The first kappa shape index (κ1) is 24.6. The Hall–Kier alpha value is -4.03. The maximum atomic E-state index is 12.6. The van der Waals surface area contributed by atoms with E-state index in [1.165, 1.54) is 0 Å². The Morgan fingerprint density at radius 1 is 1.03 bits per heavy atom. The van der Waals surface area contributed by atoms with Crippen LogP contribution >= 0.6 is 0 Å². The average Bonchev–Trinajstić information content (AvgIpc) is 2.84. The third-order valence-corrected chi connectivity index (χ3v) is 5.11. The molecule has 1 aromatic heterocycles. The molecule has 3 aromatic rings. The number of benzene rings is 2. The van der Waals surface area contributed by atoms with Crippen molar-refractivity contribution in [3.63, 3.8) is 0 Å². The molecule has 9 heteroatoms. The number of nitrogens with one attached hydrogen (secondary N) is 2. The van der Waals surface area contributed by atoms with Crippen LogP contribution in [-0.2, 0) is 17.6 Å². The Kier molecular flexibility index (Phi) is 8.48. The molecule has 1 heterocycles. The van der Waals surface area contributed by atoms with Gasteiger partial charge in [0.25, 0.3) is 11.5 Å². The number of aromatic amines is 1. The number of hydrogen-bond donors (Lipinski definition) is 4. The summed E-state index contributed by atoms with van der Waals surface area (Å²) in [6.07, 6.45) is -1.25. The van der Waals surface area contributed by atoms with E-state index in [4.69, 9.17) is 5.11 Å². The lowest BCUT2D eigenvalue weighted by atomic mass is 9.94. The van der Waals surface area contributed by atoms with E-state index in [1.54, 1.807) is 24.3 Å². The van der Waals surface area contributed by atoms with Gasteiger partial charge in [0.15, 0.2) is 0 Å². The first-order valence-electron chi connectivity index (χ1n) is 10.5. The Labute approximate surface area is 194 Å². The molecular weight excluding hydrogens is 444 g/mol. The summed E-state index contributed by atoms with van der Waals surface area (Å²) in [4.78, 5) is 29.3. The molecular formula is C25H23F2N3O4. The quantitative estimate of drug-likeness (QED) is 0.379. The summed E-state index contributed by atoms with van der Waals surface area (Å²) in [5.41, 5.74) is 2.63. The molecule has 0 bridgehead atoms. The van der Waals surface area contributed by atoms with Crippen LogP contribution in [0.4, 0.5) is 8.78 Å². The second-order valence-corrected chi connectivity index (χ2v) is 7.53. The third kappa shape index (κ3) is 6.73. The van der Waals surface area contributed by atoms with Crippen LogP contribution in [0.2, 0.25) is 0 Å². The molecule has 0 spiro atoms. The van der Waals surface area contributed by atoms with Crippen LogP contribution in [0.5, 0.6) is 5.75 Å². The fourth-order valence-electron chi connectivity index (χ4n) is 3.31. The highest BCUT2D eigenvalue weighted by atomic mass is 19.3. The first-order chi connectivity index (χ1) is 16.4. The summed E-state index contributed by atoms with van der Waals surface area (Å²) < 4.78 is 25.2. The van der Waals surface area contributed by atoms with Crippen molar-refractivity contribution in [1.82, 2.24) is 15.3 Å². The summed E-state index contributed by atoms with van der Waals surface area (Å²) in [5.74, 6) is 3.35. The fourth-order valence-corrected chi connectivity index (χ4v) is 3.31. The molecule has 3 rings (SSSR count). The summed E-state index contributed by atoms with van der Waals surface area (Å²) in [6, 6.07) is 14.8. The molecule has 0 saturated heterocycles. The van der Waals surface area contributed by atoms with Gasteiger partial charge in [-0.05, 0) is 48.2 Å². The van der Waals surface area contributed by atoms with Gasteiger partial charge in [0, 0.05) is 30.2 Å². The molecule has 4 N–H and O–H groups in total. The van der Waals surface area contributed by atoms with E-state index >= 15 is 0 Å². The number of H-pyrrole nitrogens is 1. The number of aromatic nitrogens is 2. The van der Waals surface area contributed by atoms with Gasteiger partial charge in [-0.25, -0.2) is 4.98 Å². The number of aromatic hydroxyl groups is 1. The molecule has 1 unspecified atom stereocenters. The average molecular weight is 467 g/mol. The zero-order chi connectivity index (χ0) is 24.5. The predicted octanol–water partition coefficient (Wildman–Crippen LogP) is 2.12. The highest BCUT2D eigenvalue weighted by Gasteiger charge is 2.23. The number of hydrogen-bond acceptors (Lipinski definition) is 5. The molecule has 0 saturated carbocycles. The molecule has 1 atom stereocenters. The van der Waals surface area contributed by atoms with Gasteiger partial charge < -0.3 is 20.5 Å². The zero-order valence-electron chi connectivity index (χ0n) is 18.1. The van der Waals surface area contributed by atoms with Gasteiger partial charge in [-0.1, -0.05) is 36.1 Å². The number of nitrogens with zero attached hydrogens (tertiary/aromatic N) is 1. The highest BCUT2D eigenvalue weighted by Crippen LogP contribution is 2.24. The number of alkyl halides is 2. The van der Waals surface area contributed by atoms with Crippen molar-refractivity contribution in [1.29, 1.82) is 0 Å². The lowest BCUT2D eigenvalue weighted by Gasteiger charge is -2.18. The SMILES string of the molecule is O=C(NCC(Cc1ccc(C#Cc2ccc(CCO)cc2)cc1)c1nc[nH]c(=O)c1O)C(F)F. The van der Waals surface area contributed by atoms with Gasteiger partial charge in [-0.3, -0.25) is 9.59 Å². The lowest BCUT2D eigenvalue weighted by Crippen LogP contribution is -2.34. The normalized spacial score (nSPS) is 11.5. The van der Waals surface area contributed by atoms with Crippen LogP contribution < -0.4 is 10.9 Å². The standard InChI is InChI=1S/C25H23F2N3O4/c26-23(27)25(34)28-14-20(21-22(32)24(33)30-15-29-21)13-19-9-7-17(8-10-19)2-1-16-3-5-18(6-4-16)11-12-31/h3-10,15,20,23,31-32H,11-14H2,(H,28,34)(H,29,30,33). The maximum absolute atomic E-state index is 12.6. The smallest absolute Gasteiger partial charge is 0.315 e. The third-order valence-electron chi connectivity index (χ3n) is 5.11. The Balaban J connectivity index is 1.74. The Bertz CT molecular complexity index is 1230. The largest absolute Gasteiger partial charge is 0.502 e. The van der Waals surface area contributed by atoms with E-state index in [0.717, 1.165) is 28.6 Å². The Morgan fingerprint density at radius 3 is 2.18 bits per heavy atom. The molecule has 2 aromatic carbocycles. The minimum atomic E-state index is -3.18. The highest BCUT2D eigenvalue weighted by molar-refractivity contribution is 5.79. The fraction of sp³-hybridized carbons (Fsp3) is 0.240. The van der Waals surface area contributed by atoms with E-state index < -0.39 is 29.6 Å². The van der Waals surface area contributed by atoms with E-state index in [9.17, 15) is 23.5 Å². The first-order valence-corrected chi connectivity index (χ1v) is 10.5. The number of carbonyl (C=O) groups excluding carboxylic acids is 1. The second-order valence-electron chi connectivity index (χ2n) is 7.53. The molecule has 176 valence electrons. The van der Waals surface area contributed by atoms with Crippen LogP contribution in [0.25, 0.3) is 0 Å².